The van der Waals surface area contributed by atoms with Crippen molar-refractivity contribution in [2.45, 2.75) is 169 Å². The van der Waals surface area contributed by atoms with Crippen LogP contribution in [0.1, 0.15) is 120 Å². The number of nitrogens with zero attached hydrogens (tertiary/aromatic N) is 16. The molecule has 14 rings (SSSR count). The van der Waals surface area contributed by atoms with E-state index in [1.54, 1.807) is 44.4 Å². The predicted molar refractivity (Wildman–Crippen MR) is 438 cm³/mol. The molecule has 4 aliphatic heterocycles. The van der Waals surface area contributed by atoms with Crippen molar-refractivity contribution in [2.24, 2.45) is 11.8 Å². The van der Waals surface area contributed by atoms with Gasteiger partial charge in [-0.25, -0.2) is 63.8 Å². The van der Waals surface area contributed by atoms with Crippen molar-refractivity contribution in [3.05, 3.63) is 72.3 Å². The zero-order valence-electron chi connectivity index (χ0n) is 71.5. The van der Waals surface area contributed by atoms with Gasteiger partial charge in [0.05, 0.1) is 64.5 Å². The van der Waals surface area contributed by atoms with Gasteiger partial charge in [0.1, 0.15) is 68.6 Å². The minimum atomic E-state index is -0.908. The summed E-state index contributed by atoms with van der Waals surface area (Å²) in [6.07, 6.45) is 7.56. The van der Waals surface area contributed by atoms with Crippen LogP contribution in [0.15, 0.2) is 49.1 Å². The number of carbonyl (C=O) groups excluding carboxylic acids is 8. The van der Waals surface area contributed by atoms with Gasteiger partial charge in [-0.15, -0.1) is 0 Å². The van der Waals surface area contributed by atoms with E-state index in [0.29, 0.717) is 163 Å². The molecule has 2 aliphatic carbocycles. The van der Waals surface area contributed by atoms with Gasteiger partial charge in [-0.2, -0.15) is 19.9 Å². The van der Waals surface area contributed by atoms with E-state index in [1.165, 1.54) is 68.0 Å². The molecular weight excluding hydrogens is 1740 g/mol. The quantitative estimate of drug-likeness (QED) is 0.0219. The Hall–Kier alpha value is -9.60. The number of nitrogens with one attached hydrogen (secondary N) is 4. The van der Waals surface area contributed by atoms with Crippen LogP contribution in [0.4, 0.5) is 60.6 Å². The first-order chi connectivity index (χ1) is 56.6. The van der Waals surface area contributed by atoms with Crippen LogP contribution in [-0.2, 0) is 42.7 Å². The summed E-state index contributed by atoms with van der Waals surface area (Å²) in [7, 11) is 2.87. The summed E-state index contributed by atoms with van der Waals surface area (Å²) in [4.78, 5) is 154. The van der Waals surface area contributed by atoms with Crippen LogP contribution in [0.2, 0.25) is 0 Å². The van der Waals surface area contributed by atoms with Gasteiger partial charge in [-0.05, 0) is 159 Å². The molecule has 0 unspecified atom stereocenters. The Labute approximate surface area is 766 Å². The number of rotatable bonds is 17. The summed E-state index contributed by atoms with van der Waals surface area (Å²) in [5.41, 5.74) is -0.412. The van der Waals surface area contributed by atoms with Gasteiger partial charge < -0.3 is 98.0 Å². The van der Waals surface area contributed by atoms with E-state index in [0.717, 1.165) is 17.7 Å². The van der Waals surface area contributed by atoms with Gasteiger partial charge in [0.2, 0.25) is 6.79 Å². The van der Waals surface area contributed by atoms with Crippen LogP contribution < -0.4 is 109 Å². The molecule has 4 bridgehead atoms. The number of hydrogen-bond acceptors (Lipinski definition) is 30. The number of aryl methyl sites for hydroxylation is 2. The maximum absolute atomic E-state index is 15.6. The molecule has 38 nitrogen and oxygen atoms in total. The van der Waals surface area contributed by atoms with Gasteiger partial charge in [0, 0.05) is 114 Å². The number of hydrogen-bond donors (Lipinski definition) is 4. The molecule has 10 heterocycles. The van der Waals surface area contributed by atoms with Crippen molar-refractivity contribution in [1.29, 1.82) is 0 Å². The van der Waals surface area contributed by atoms with E-state index in [-0.39, 0.29) is 152 Å². The van der Waals surface area contributed by atoms with E-state index >= 15 is 8.78 Å². The van der Waals surface area contributed by atoms with Gasteiger partial charge in [-0.3, -0.25) is 19.5 Å². The number of esters is 1. The number of ether oxygens (including phenoxy) is 9. The first kappa shape index (κ1) is 94.6. The Balaban J connectivity index is 0.000000220. The van der Waals surface area contributed by atoms with Gasteiger partial charge in [-0.1, -0.05) is 18.1 Å². The number of aromatic nitrogens is 10. The Morgan fingerprint density at radius 3 is 1.29 bits per heavy atom. The molecule has 0 radical (unpaired) electrons. The summed E-state index contributed by atoms with van der Waals surface area (Å²) in [5, 5.41) is 8.01. The largest absolute Gasteiger partial charge is 1.00 e. The third-order valence-corrected chi connectivity index (χ3v) is 20.5. The third kappa shape index (κ3) is 24.0. The SMILES string of the molecule is CC(C)(C)OC(=O)N1CCN(C[C-]=O)CC1.Cc1ncc(Oc2nc(N3C[C@H]4C[C@@H]3C[C@H]4NC(=O)OC(C)(C)C)c3c(n2)[nH]c2c(N(C)C(=O)OCCl)cc(F)cc23)cn1.Cc1ncc(Oc2nc(N3C[C@H]4C[C@@H]3C[C@H]4NC(=O)OC(C)(C)C)c3c(n2)[nH]c2c(N(C)C(=O)OCOC(=O)CN4CCN(C(=O)OC(C)(C)C)CC4)cc(F)cc23)cn1.[Cs+].[OH-]. The second-order valence-electron chi connectivity index (χ2n) is 34.1. The Bertz CT molecular complexity index is 5110. The molecule has 42 heteroatoms. The normalized spacial score (nSPS) is 18.9. The molecule has 6 fully saturated rings. The Morgan fingerprint density at radius 1 is 0.541 bits per heavy atom. The number of carbonyl (C=O) groups is 7. The van der Waals surface area contributed by atoms with Crippen LogP contribution in [0, 0.1) is 37.3 Å². The van der Waals surface area contributed by atoms with E-state index in [1.807, 2.05) is 78.4 Å². The number of alkyl halides is 1. The zero-order chi connectivity index (χ0) is 86.6. The standard InChI is InChI=1S/C40H51FN10O9.C29H32ClFN8O5.C11H19N2O3.Cs.H2O/c1-22-42-17-26(18-43-22)58-35-46-33-31(34(47-35)51-19-23-13-25(51)16-28(23)44-36(53)59-39(2,3)4)27-14-24(41)15-29(32(27)45-33)48(8)37(54)57-21-56-30(52)20-49-9-11-50(12-10-49)38(55)60-40(5,6)7;1-14-32-10-18(11-33-14)43-26-36-24-22(19-7-16(31)8-21(23(19)35-24)38(5)28(41)42-13-30)25(37-26)39-12-15-6-17(39)9-20(15)34-27(40)44-29(2,3)4;1-11(2,3)16-10(15)13-6-4-12(5-7-13)8-9-14;;/h14-15,17-18,23,25,28H,9-13,16,19-21H2,1-8H3,(H,44,53)(H,45,46,47);7-8,10-11,15,17,20H,6,9,12-13H2,1-5H3,(H,34,40)(H,35,36,37);4-8H2,1-3H3;;1H2/q;;-1;+1;/p-1/t23-,25-,28-;15-,17-,20-;;;/m11.../s1. The first-order valence-electron chi connectivity index (χ1n) is 39.4. The molecule has 122 heavy (non-hydrogen) atoms. The second-order valence-corrected chi connectivity index (χ2v) is 34.3. The predicted octanol–water partition coefficient (Wildman–Crippen LogP) is 8.14. The van der Waals surface area contributed by atoms with Gasteiger partial charge >= 0.3 is 123 Å². The summed E-state index contributed by atoms with van der Waals surface area (Å²) >= 11 is 5.60. The zero-order valence-corrected chi connectivity index (χ0v) is 78.5. The Morgan fingerprint density at radius 2 is 0.926 bits per heavy atom. The minimum absolute atomic E-state index is 0. The minimum Gasteiger partial charge on any atom is -0.870 e. The molecule has 0 spiro atoms. The average Bonchev–Trinajstić information content (AvgIpc) is 1.58. The van der Waals surface area contributed by atoms with Crippen LogP contribution in [0.5, 0.6) is 23.5 Å². The maximum Gasteiger partial charge on any atom is 1.00 e. The fourth-order valence-electron chi connectivity index (χ4n) is 15.2. The molecular formula is C80H103ClCsF2N20O18-. The number of anilines is 4. The number of halogens is 3. The van der Waals surface area contributed by atoms with Crippen molar-refractivity contribution < 1.29 is 164 Å². The number of H-pyrrole nitrogens is 2. The maximum atomic E-state index is 15.6. The molecule has 2 aromatic carbocycles. The molecule has 6 aliphatic rings. The molecule has 6 amide bonds. The smallest absolute Gasteiger partial charge is 0.870 e. The fraction of sp³-hybridized carbons (Fsp3) is 0.550. The van der Waals surface area contributed by atoms with Crippen molar-refractivity contribution in [2.75, 3.05) is 125 Å². The molecule has 4 saturated heterocycles. The number of fused-ring (bicyclic) bond motifs is 10. The molecule has 654 valence electrons. The van der Waals surface area contributed by atoms with Gasteiger partial charge in [0.15, 0.2) is 17.6 Å². The van der Waals surface area contributed by atoms with Crippen molar-refractivity contribution in [1.82, 2.24) is 80.1 Å². The molecule has 2 saturated carbocycles. The Kier molecular flexibility index (Phi) is 30.6. The number of alkyl carbamates (subject to hydrolysis) is 2. The van der Waals surface area contributed by atoms with Crippen LogP contribution in [-0.4, -0.2) is 276 Å². The molecule has 5 N–H and O–H groups in total. The third-order valence-electron chi connectivity index (χ3n) is 20.4. The monoisotopic (exact) mass is 1840 g/mol. The molecule has 8 aromatic rings. The van der Waals surface area contributed by atoms with Gasteiger partial charge in [0.25, 0.3) is 0 Å². The fourth-order valence-corrected chi connectivity index (χ4v) is 15.3. The summed E-state index contributed by atoms with van der Waals surface area (Å²) in [6, 6.07) is 4.65. The number of aromatic amines is 2. The number of amides is 6. The number of piperidine rings is 2. The number of benzene rings is 2. The average molecular weight is 1840 g/mol. The first-order valence-corrected chi connectivity index (χ1v) is 39.9. The van der Waals surface area contributed by atoms with E-state index in [2.05, 4.69) is 60.3 Å². The van der Waals surface area contributed by atoms with E-state index < -0.39 is 77.3 Å². The topological polar surface area (TPSA) is 434 Å². The second kappa shape index (κ2) is 39.5. The van der Waals surface area contributed by atoms with E-state index in [4.69, 9.17) is 64.2 Å². The van der Waals surface area contributed by atoms with Crippen LogP contribution >= 0.6 is 11.6 Å². The van der Waals surface area contributed by atoms with Crippen LogP contribution in [0.3, 0.4) is 0 Å². The number of piperazine rings is 2. The van der Waals surface area contributed by atoms with Crippen molar-refractivity contribution in [3.63, 3.8) is 0 Å². The summed E-state index contributed by atoms with van der Waals surface area (Å²) < 4.78 is 79.7. The molecule has 6 atom stereocenters. The van der Waals surface area contributed by atoms with E-state index in [9.17, 15) is 38.4 Å². The summed E-state index contributed by atoms with van der Waals surface area (Å²) in [5.74, 6) is 1.22. The molecule has 6 aromatic heterocycles. The van der Waals surface area contributed by atoms with Crippen molar-refractivity contribution in [3.8, 4) is 23.5 Å². The van der Waals surface area contributed by atoms with Crippen LogP contribution in [0.25, 0.3) is 43.9 Å². The summed E-state index contributed by atoms with van der Waals surface area (Å²) in [6.45, 7) is 30.3. The van der Waals surface area contributed by atoms with Crippen molar-refractivity contribution >= 4 is 127 Å².